The Kier molecular flexibility index (Phi) is 6.09. The average Bonchev–Trinajstić information content (AvgIpc) is 3.02. The number of hydrogen-bond donors (Lipinski definition) is 1. The Labute approximate surface area is 148 Å². The molecule has 0 saturated heterocycles. The van der Waals surface area contributed by atoms with Gasteiger partial charge in [0.25, 0.3) is 15.9 Å². The van der Waals surface area contributed by atoms with E-state index in [2.05, 4.69) is 10.1 Å². The number of carbonyl (C=O) groups excluding carboxylic acids is 1. The molecule has 25 heavy (non-hydrogen) atoms. The van der Waals surface area contributed by atoms with E-state index in [9.17, 15) is 22.0 Å². The third-order valence-electron chi connectivity index (χ3n) is 3.14. The molecule has 2 aromatic rings. The molecule has 10 heteroatoms. The number of nitrogens with one attached hydrogen (secondary N) is 1. The van der Waals surface area contributed by atoms with Gasteiger partial charge in [0.2, 0.25) is 0 Å². The Morgan fingerprint density at radius 3 is 2.56 bits per heavy atom. The Balaban J connectivity index is 2.08. The highest BCUT2D eigenvalue weighted by Crippen LogP contribution is 2.24. The van der Waals surface area contributed by atoms with Gasteiger partial charge in [-0.1, -0.05) is 12.1 Å². The summed E-state index contributed by atoms with van der Waals surface area (Å²) in [5.41, 5.74) is -0.0273. The number of hydrogen-bond acceptors (Lipinski definition) is 5. The van der Waals surface area contributed by atoms with Crippen LogP contribution in [0, 0.1) is 0 Å². The van der Waals surface area contributed by atoms with Crippen molar-refractivity contribution in [3.05, 3.63) is 46.8 Å². The fourth-order valence-electron chi connectivity index (χ4n) is 1.89. The maximum Gasteiger partial charge on any atom is 0.387 e. The summed E-state index contributed by atoms with van der Waals surface area (Å²) in [5, 5.41) is 2.56. The number of halogens is 2. The van der Waals surface area contributed by atoms with Crippen molar-refractivity contribution < 1.29 is 26.7 Å². The van der Waals surface area contributed by atoms with Gasteiger partial charge in [0.1, 0.15) is 9.96 Å². The first-order chi connectivity index (χ1) is 11.7. The minimum atomic E-state index is -3.53. The predicted molar refractivity (Wildman–Crippen MR) is 89.4 cm³/mol. The van der Waals surface area contributed by atoms with Crippen molar-refractivity contribution >= 4 is 27.3 Å². The zero-order chi connectivity index (χ0) is 18.6. The van der Waals surface area contributed by atoms with Gasteiger partial charge in [0.05, 0.1) is 12.1 Å². The minimum Gasteiger partial charge on any atom is -0.434 e. The lowest BCUT2D eigenvalue weighted by Gasteiger charge is -2.10. The number of ether oxygens (including phenoxy) is 1. The number of amides is 1. The Morgan fingerprint density at radius 1 is 1.24 bits per heavy atom. The van der Waals surface area contributed by atoms with Crippen LogP contribution >= 0.6 is 11.3 Å². The van der Waals surface area contributed by atoms with Crippen LogP contribution in [0.5, 0.6) is 5.75 Å². The summed E-state index contributed by atoms with van der Waals surface area (Å²) in [6.45, 7) is -2.97. The van der Waals surface area contributed by atoms with E-state index in [1.165, 1.54) is 44.4 Å². The van der Waals surface area contributed by atoms with Gasteiger partial charge in [0.15, 0.2) is 0 Å². The van der Waals surface area contributed by atoms with Crippen molar-refractivity contribution in [3.63, 3.8) is 0 Å². The van der Waals surface area contributed by atoms with Crippen LogP contribution in [-0.2, 0) is 16.6 Å². The Hall–Kier alpha value is -2.04. The van der Waals surface area contributed by atoms with Crippen molar-refractivity contribution in [2.45, 2.75) is 17.4 Å². The maximum atomic E-state index is 12.4. The lowest BCUT2D eigenvalue weighted by atomic mass is 10.2. The largest absolute Gasteiger partial charge is 0.434 e. The molecule has 1 heterocycles. The van der Waals surface area contributed by atoms with Crippen molar-refractivity contribution in [2.24, 2.45) is 0 Å². The standard InChI is InChI=1S/C15H16F2N2O4S2/c1-19(2)25(21,22)13-8-7-10(24-13)9-18-14(20)11-5-3-4-6-12(11)23-15(16)17/h3-8,15H,9H2,1-2H3,(H,18,20). The smallest absolute Gasteiger partial charge is 0.387 e. The van der Waals surface area contributed by atoms with Crippen molar-refractivity contribution in [1.29, 1.82) is 0 Å². The zero-order valence-corrected chi connectivity index (χ0v) is 15.0. The second-order valence-corrected chi connectivity index (χ2v) is 8.61. The van der Waals surface area contributed by atoms with Crippen molar-refractivity contribution in [1.82, 2.24) is 9.62 Å². The van der Waals surface area contributed by atoms with Crippen LogP contribution in [0.3, 0.4) is 0 Å². The van der Waals surface area contributed by atoms with Crippen molar-refractivity contribution in [3.8, 4) is 5.75 Å². The summed E-state index contributed by atoms with van der Waals surface area (Å²) in [5.74, 6) is -0.821. The Bertz CT molecular complexity index is 851. The van der Waals surface area contributed by atoms with Gasteiger partial charge in [0, 0.05) is 19.0 Å². The summed E-state index contributed by atoms with van der Waals surface area (Å²) in [6, 6.07) is 8.68. The fourth-order valence-corrected chi connectivity index (χ4v) is 4.35. The second kappa shape index (κ2) is 7.89. The number of carbonyl (C=O) groups is 1. The number of nitrogens with zero attached hydrogens (tertiary/aromatic N) is 1. The van der Waals surface area contributed by atoms with Gasteiger partial charge < -0.3 is 10.1 Å². The highest BCUT2D eigenvalue weighted by molar-refractivity contribution is 7.91. The molecule has 0 unspecified atom stereocenters. The van der Waals surface area contributed by atoms with E-state index in [0.717, 1.165) is 15.6 Å². The van der Waals surface area contributed by atoms with Crippen molar-refractivity contribution in [2.75, 3.05) is 14.1 Å². The first kappa shape index (κ1) is 19.3. The van der Waals surface area contributed by atoms with E-state index in [1.807, 2.05) is 0 Å². The van der Waals surface area contributed by atoms with Gasteiger partial charge in [-0.15, -0.1) is 11.3 Å². The lowest BCUT2D eigenvalue weighted by Crippen LogP contribution is -2.23. The van der Waals surface area contributed by atoms with Crippen LogP contribution in [0.2, 0.25) is 0 Å². The van der Waals surface area contributed by atoms with E-state index in [1.54, 1.807) is 6.07 Å². The first-order valence-corrected chi connectivity index (χ1v) is 9.30. The number of sulfonamides is 1. The molecular weight excluding hydrogens is 374 g/mol. The molecule has 0 saturated carbocycles. The fraction of sp³-hybridized carbons (Fsp3) is 0.267. The first-order valence-electron chi connectivity index (χ1n) is 7.05. The normalized spacial score (nSPS) is 11.8. The molecule has 1 N–H and O–H groups in total. The monoisotopic (exact) mass is 390 g/mol. The summed E-state index contributed by atoms with van der Waals surface area (Å²) >= 11 is 1.02. The molecule has 1 aromatic carbocycles. The third kappa shape index (κ3) is 4.74. The second-order valence-electron chi connectivity index (χ2n) is 5.07. The van der Waals surface area contributed by atoms with Gasteiger partial charge in [-0.25, -0.2) is 12.7 Å². The van der Waals surface area contributed by atoms with E-state index >= 15 is 0 Å². The predicted octanol–water partition coefficient (Wildman–Crippen LogP) is 2.53. The van der Waals surface area contributed by atoms with Crippen LogP contribution < -0.4 is 10.1 Å². The van der Waals surface area contributed by atoms with E-state index < -0.39 is 22.5 Å². The molecule has 0 atom stereocenters. The number of thiophene rings is 1. The molecule has 1 aromatic heterocycles. The van der Waals surface area contributed by atoms with Crippen LogP contribution in [0.4, 0.5) is 8.78 Å². The Morgan fingerprint density at radius 2 is 1.92 bits per heavy atom. The minimum absolute atomic E-state index is 0.0273. The molecule has 0 spiro atoms. The molecule has 0 aliphatic carbocycles. The molecule has 0 bridgehead atoms. The number of benzene rings is 1. The highest BCUT2D eigenvalue weighted by atomic mass is 32.2. The van der Waals surface area contributed by atoms with E-state index in [0.29, 0.717) is 4.88 Å². The third-order valence-corrected chi connectivity index (χ3v) is 6.51. The molecule has 136 valence electrons. The molecule has 0 aliphatic heterocycles. The molecule has 0 aliphatic rings. The molecule has 1 amide bonds. The van der Waals surface area contributed by atoms with Crippen LogP contribution in [0.25, 0.3) is 0 Å². The quantitative estimate of drug-likeness (QED) is 0.788. The van der Waals surface area contributed by atoms with Crippen LogP contribution in [0.1, 0.15) is 15.2 Å². The average molecular weight is 390 g/mol. The zero-order valence-electron chi connectivity index (χ0n) is 13.4. The lowest BCUT2D eigenvalue weighted by molar-refractivity contribution is -0.0501. The number of para-hydroxylation sites is 1. The number of alkyl halides is 2. The summed E-state index contributed by atoms with van der Waals surface area (Å²) in [7, 11) is -0.677. The molecule has 6 nitrogen and oxygen atoms in total. The van der Waals surface area contributed by atoms with Gasteiger partial charge in [-0.3, -0.25) is 4.79 Å². The molecule has 2 rings (SSSR count). The van der Waals surface area contributed by atoms with Gasteiger partial charge in [-0.2, -0.15) is 8.78 Å². The summed E-state index contributed by atoms with van der Waals surface area (Å²) < 4.78 is 54.4. The van der Waals surface area contributed by atoms with Crippen LogP contribution in [-0.4, -0.2) is 39.3 Å². The molecular formula is C15H16F2N2O4S2. The highest BCUT2D eigenvalue weighted by Gasteiger charge is 2.20. The topological polar surface area (TPSA) is 75.7 Å². The SMILES string of the molecule is CN(C)S(=O)(=O)c1ccc(CNC(=O)c2ccccc2OC(F)F)s1. The van der Waals surface area contributed by atoms with Gasteiger partial charge >= 0.3 is 6.61 Å². The summed E-state index contributed by atoms with van der Waals surface area (Å²) in [6.07, 6.45) is 0. The van der Waals surface area contributed by atoms with E-state index in [4.69, 9.17) is 0 Å². The molecule has 0 radical (unpaired) electrons. The molecule has 0 fully saturated rings. The summed E-state index contributed by atoms with van der Waals surface area (Å²) in [4.78, 5) is 12.8. The van der Waals surface area contributed by atoms with Crippen LogP contribution in [0.15, 0.2) is 40.6 Å². The maximum absolute atomic E-state index is 12.4. The number of rotatable bonds is 7. The van der Waals surface area contributed by atoms with Gasteiger partial charge in [-0.05, 0) is 24.3 Å². The van der Waals surface area contributed by atoms with E-state index in [-0.39, 0.29) is 22.1 Å².